The van der Waals surface area contributed by atoms with E-state index in [4.69, 9.17) is 0 Å². The van der Waals surface area contributed by atoms with Crippen LogP contribution in [0.5, 0.6) is 0 Å². The molecule has 0 bridgehead atoms. The van der Waals surface area contributed by atoms with Crippen LogP contribution in [0, 0.1) is 17.7 Å². The first-order valence-electron chi connectivity index (χ1n) is 7.20. The summed E-state index contributed by atoms with van der Waals surface area (Å²) in [7, 11) is 0. The molecule has 0 aliphatic rings. The number of ketones is 1. The van der Waals surface area contributed by atoms with Crippen molar-refractivity contribution in [2.24, 2.45) is 0 Å². The standard InChI is InChI=1S/C21H13FO/c22-19-13-14-20(21(23)17-9-5-2-6-10-17)18(15-19)12-11-16-7-3-1-4-8-16/h1-10,13-15H. The van der Waals surface area contributed by atoms with Crippen LogP contribution in [-0.2, 0) is 0 Å². The molecule has 0 N–H and O–H groups in total. The molecule has 0 heterocycles. The van der Waals surface area contributed by atoms with E-state index >= 15 is 0 Å². The molecule has 3 rings (SSSR count). The van der Waals surface area contributed by atoms with Crippen LogP contribution in [0.1, 0.15) is 27.0 Å². The summed E-state index contributed by atoms with van der Waals surface area (Å²) in [4.78, 5) is 12.6. The highest BCUT2D eigenvalue weighted by Gasteiger charge is 2.13. The molecular formula is C21H13FO. The Labute approximate surface area is 134 Å². The lowest BCUT2D eigenvalue weighted by Crippen LogP contribution is -2.04. The highest BCUT2D eigenvalue weighted by molar-refractivity contribution is 6.10. The average molecular weight is 300 g/mol. The van der Waals surface area contributed by atoms with E-state index in [-0.39, 0.29) is 5.78 Å². The predicted octanol–water partition coefficient (Wildman–Crippen LogP) is 4.46. The molecule has 0 unspecified atom stereocenters. The van der Waals surface area contributed by atoms with Crippen molar-refractivity contribution in [2.75, 3.05) is 0 Å². The fraction of sp³-hybridized carbons (Fsp3) is 0. The van der Waals surface area contributed by atoms with Crippen LogP contribution in [0.3, 0.4) is 0 Å². The number of carbonyl (C=O) groups excluding carboxylic acids is 1. The Morgan fingerprint density at radius 3 is 2.13 bits per heavy atom. The van der Waals surface area contributed by atoms with Gasteiger partial charge >= 0.3 is 0 Å². The third kappa shape index (κ3) is 3.53. The zero-order valence-electron chi connectivity index (χ0n) is 12.3. The molecule has 3 aromatic carbocycles. The van der Waals surface area contributed by atoms with Gasteiger partial charge in [0.05, 0.1) is 0 Å². The second-order valence-electron chi connectivity index (χ2n) is 5.00. The molecule has 23 heavy (non-hydrogen) atoms. The Morgan fingerprint density at radius 2 is 1.43 bits per heavy atom. The van der Waals surface area contributed by atoms with Crippen LogP contribution in [-0.4, -0.2) is 5.78 Å². The van der Waals surface area contributed by atoms with E-state index in [0.717, 1.165) is 5.56 Å². The SMILES string of the molecule is O=C(c1ccccc1)c1ccc(F)cc1C#Cc1ccccc1. The van der Waals surface area contributed by atoms with E-state index in [2.05, 4.69) is 11.8 Å². The van der Waals surface area contributed by atoms with Gasteiger partial charge in [-0.3, -0.25) is 4.79 Å². The highest BCUT2D eigenvalue weighted by atomic mass is 19.1. The first-order valence-corrected chi connectivity index (χ1v) is 7.20. The minimum Gasteiger partial charge on any atom is -0.289 e. The van der Waals surface area contributed by atoms with Gasteiger partial charge in [-0.25, -0.2) is 4.39 Å². The molecule has 2 heteroatoms. The van der Waals surface area contributed by atoms with Crippen LogP contribution < -0.4 is 0 Å². The van der Waals surface area contributed by atoms with Gasteiger partial charge < -0.3 is 0 Å². The van der Waals surface area contributed by atoms with E-state index in [1.807, 2.05) is 36.4 Å². The van der Waals surface area contributed by atoms with Gasteiger partial charge in [0, 0.05) is 22.3 Å². The molecule has 0 atom stereocenters. The summed E-state index contributed by atoms with van der Waals surface area (Å²) in [5, 5.41) is 0. The van der Waals surface area contributed by atoms with E-state index in [9.17, 15) is 9.18 Å². The molecular weight excluding hydrogens is 287 g/mol. The van der Waals surface area contributed by atoms with Crippen LogP contribution in [0.2, 0.25) is 0 Å². The molecule has 0 aromatic heterocycles. The highest BCUT2D eigenvalue weighted by Crippen LogP contribution is 2.16. The molecule has 3 aromatic rings. The quantitative estimate of drug-likeness (QED) is 0.504. The van der Waals surface area contributed by atoms with Crippen molar-refractivity contribution in [3.63, 3.8) is 0 Å². The molecule has 0 aliphatic carbocycles. The Hall–Kier alpha value is -3.18. The van der Waals surface area contributed by atoms with Crippen molar-refractivity contribution < 1.29 is 9.18 Å². The fourth-order valence-corrected chi connectivity index (χ4v) is 2.22. The molecule has 0 spiro atoms. The van der Waals surface area contributed by atoms with Crippen molar-refractivity contribution in [3.8, 4) is 11.8 Å². The Balaban J connectivity index is 2.03. The monoisotopic (exact) mass is 300 g/mol. The lowest BCUT2D eigenvalue weighted by Gasteiger charge is -2.04. The summed E-state index contributed by atoms with van der Waals surface area (Å²) in [5.41, 5.74) is 2.17. The third-order valence-electron chi connectivity index (χ3n) is 3.38. The summed E-state index contributed by atoms with van der Waals surface area (Å²) >= 11 is 0. The summed E-state index contributed by atoms with van der Waals surface area (Å²) in [6, 6.07) is 22.4. The second kappa shape index (κ2) is 6.72. The molecule has 0 radical (unpaired) electrons. The number of benzene rings is 3. The third-order valence-corrected chi connectivity index (χ3v) is 3.38. The Bertz CT molecular complexity index is 887. The summed E-state index contributed by atoms with van der Waals surface area (Å²) in [5.74, 6) is 5.30. The molecule has 1 nitrogen and oxygen atoms in total. The van der Waals surface area contributed by atoms with Crippen molar-refractivity contribution in [1.29, 1.82) is 0 Å². The number of hydrogen-bond acceptors (Lipinski definition) is 1. The van der Waals surface area contributed by atoms with Gasteiger partial charge in [-0.15, -0.1) is 0 Å². The van der Waals surface area contributed by atoms with Gasteiger partial charge in [-0.05, 0) is 30.3 Å². The van der Waals surface area contributed by atoms with Crippen LogP contribution in [0.4, 0.5) is 4.39 Å². The minimum absolute atomic E-state index is 0.164. The van der Waals surface area contributed by atoms with Crippen molar-refractivity contribution in [3.05, 3.63) is 107 Å². The molecule has 0 saturated carbocycles. The van der Waals surface area contributed by atoms with Gasteiger partial charge in [-0.1, -0.05) is 60.4 Å². The van der Waals surface area contributed by atoms with Gasteiger partial charge in [0.2, 0.25) is 0 Å². The Morgan fingerprint density at radius 1 is 0.783 bits per heavy atom. The van der Waals surface area contributed by atoms with Crippen molar-refractivity contribution in [2.45, 2.75) is 0 Å². The maximum atomic E-state index is 13.6. The lowest BCUT2D eigenvalue weighted by molar-refractivity contribution is 0.103. The summed E-state index contributed by atoms with van der Waals surface area (Å²) < 4.78 is 13.6. The Kier molecular flexibility index (Phi) is 4.31. The zero-order valence-corrected chi connectivity index (χ0v) is 12.3. The molecule has 0 aliphatic heterocycles. The largest absolute Gasteiger partial charge is 0.289 e. The van der Waals surface area contributed by atoms with Gasteiger partial charge in [0.15, 0.2) is 5.78 Å². The van der Waals surface area contributed by atoms with E-state index < -0.39 is 5.82 Å². The number of halogens is 1. The molecule has 110 valence electrons. The summed E-state index contributed by atoms with van der Waals surface area (Å²) in [6.07, 6.45) is 0. The molecule has 0 amide bonds. The topological polar surface area (TPSA) is 17.1 Å². The number of hydrogen-bond donors (Lipinski definition) is 0. The average Bonchev–Trinajstić information content (AvgIpc) is 2.61. The lowest BCUT2D eigenvalue weighted by atomic mass is 9.98. The van der Waals surface area contributed by atoms with E-state index in [0.29, 0.717) is 16.7 Å². The predicted molar refractivity (Wildman–Crippen MR) is 88.7 cm³/mol. The molecule has 0 fully saturated rings. The van der Waals surface area contributed by atoms with E-state index in [1.54, 1.807) is 24.3 Å². The fourth-order valence-electron chi connectivity index (χ4n) is 2.22. The molecule has 0 saturated heterocycles. The normalized spacial score (nSPS) is 9.78. The smallest absolute Gasteiger partial charge is 0.194 e. The summed E-state index contributed by atoms with van der Waals surface area (Å²) in [6.45, 7) is 0. The first-order chi connectivity index (χ1) is 11.2. The van der Waals surface area contributed by atoms with Crippen LogP contribution >= 0.6 is 0 Å². The van der Waals surface area contributed by atoms with Crippen molar-refractivity contribution in [1.82, 2.24) is 0 Å². The van der Waals surface area contributed by atoms with E-state index in [1.165, 1.54) is 18.2 Å². The zero-order chi connectivity index (χ0) is 16.1. The second-order valence-corrected chi connectivity index (χ2v) is 5.00. The maximum absolute atomic E-state index is 13.6. The van der Waals surface area contributed by atoms with Gasteiger partial charge in [0.1, 0.15) is 5.82 Å². The minimum atomic E-state index is -0.410. The number of carbonyl (C=O) groups is 1. The van der Waals surface area contributed by atoms with Gasteiger partial charge in [-0.2, -0.15) is 0 Å². The van der Waals surface area contributed by atoms with Gasteiger partial charge in [0.25, 0.3) is 0 Å². The number of rotatable bonds is 2. The van der Waals surface area contributed by atoms with Crippen LogP contribution in [0.15, 0.2) is 78.9 Å². The maximum Gasteiger partial charge on any atom is 0.194 e. The first kappa shape index (κ1) is 14.7. The van der Waals surface area contributed by atoms with Crippen LogP contribution in [0.25, 0.3) is 0 Å². The van der Waals surface area contributed by atoms with Crippen molar-refractivity contribution >= 4 is 5.78 Å².